The van der Waals surface area contributed by atoms with Gasteiger partial charge in [0.1, 0.15) is 5.75 Å². The summed E-state index contributed by atoms with van der Waals surface area (Å²) in [7, 11) is 1.81. The molecule has 0 aliphatic carbocycles. The van der Waals surface area contributed by atoms with Gasteiger partial charge in [-0.1, -0.05) is 74.8 Å². The van der Waals surface area contributed by atoms with Crippen LogP contribution in [0.25, 0.3) is 10.9 Å². The van der Waals surface area contributed by atoms with E-state index in [9.17, 15) is 4.79 Å². The smallest absolute Gasteiger partial charge is 0.261 e. The van der Waals surface area contributed by atoms with Crippen molar-refractivity contribution in [3.63, 3.8) is 0 Å². The molecule has 0 radical (unpaired) electrons. The van der Waals surface area contributed by atoms with Gasteiger partial charge in [0.2, 0.25) is 0 Å². The van der Waals surface area contributed by atoms with Gasteiger partial charge in [0, 0.05) is 34.7 Å². The fraction of sp³-hybridized carbons (Fsp3) is 0.250. The van der Waals surface area contributed by atoms with Gasteiger partial charge in [-0.15, -0.1) is 0 Å². The van der Waals surface area contributed by atoms with E-state index in [1.807, 2.05) is 80.0 Å². The Balaban J connectivity index is 1.58. The zero-order valence-electron chi connectivity index (χ0n) is 19.4. The topological polar surface area (TPSA) is 45.3 Å². The van der Waals surface area contributed by atoms with Crippen molar-refractivity contribution in [2.75, 3.05) is 13.7 Å². The quantitative estimate of drug-likeness (QED) is 0.346. The number of rotatable bonds is 6. The van der Waals surface area contributed by atoms with Gasteiger partial charge < -0.3 is 14.6 Å². The van der Waals surface area contributed by atoms with Crippen LogP contribution in [0.15, 0.2) is 79.0 Å². The Morgan fingerprint density at radius 1 is 1.00 bits per heavy atom. The minimum Gasteiger partial charge on any atom is -0.484 e. The van der Waals surface area contributed by atoms with E-state index in [1.165, 1.54) is 5.56 Å². The standard InChI is InChI=1S/C28H29ClN2O2/c1-28(2,3)20-11-15-22(16-12-20)33-18-26(32)31(4)27(19-9-13-21(29)14-10-19)24-17-30-25-8-6-5-7-23(24)25/h5-17,27,30H,18H2,1-4H3/t27-/m1/s1. The van der Waals surface area contributed by atoms with Gasteiger partial charge in [0.15, 0.2) is 6.61 Å². The Morgan fingerprint density at radius 3 is 2.33 bits per heavy atom. The lowest BCUT2D eigenvalue weighted by molar-refractivity contribution is -0.133. The first-order valence-corrected chi connectivity index (χ1v) is 11.4. The molecule has 0 unspecified atom stereocenters. The van der Waals surface area contributed by atoms with Gasteiger partial charge in [-0.25, -0.2) is 0 Å². The molecule has 4 nitrogen and oxygen atoms in total. The van der Waals surface area contributed by atoms with Crippen LogP contribution in [0.3, 0.4) is 0 Å². The average Bonchev–Trinajstić information content (AvgIpc) is 3.22. The third-order valence-corrected chi connectivity index (χ3v) is 6.22. The summed E-state index contributed by atoms with van der Waals surface area (Å²) in [5, 5.41) is 1.74. The first-order valence-electron chi connectivity index (χ1n) is 11.0. The summed E-state index contributed by atoms with van der Waals surface area (Å²) in [6.45, 7) is 6.46. The van der Waals surface area contributed by atoms with Crippen LogP contribution in [0.1, 0.15) is 43.5 Å². The number of fused-ring (bicyclic) bond motifs is 1. The number of aromatic nitrogens is 1. The Labute approximate surface area is 200 Å². The minimum absolute atomic E-state index is 0.0438. The predicted molar refractivity (Wildman–Crippen MR) is 135 cm³/mol. The van der Waals surface area contributed by atoms with E-state index in [0.29, 0.717) is 10.8 Å². The molecule has 0 bridgehead atoms. The van der Waals surface area contributed by atoms with Crippen LogP contribution in [0, 0.1) is 0 Å². The maximum Gasteiger partial charge on any atom is 0.261 e. The highest BCUT2D eigenvalue weighted by atomic mass is 35.5. The molecular formula is C28H29ClN2O2. The van der Waals surface area contributed by atoms with E-state index in [0.717, 1.165) is 22.0 Å². The van der Waals surface area contributed by atoms with Crippen LogP contribution < -0.4 is 4.74 Å². The fourth-order valence-electron chi connectivity index (χ4n) is 4.02. The number of para-hydroxylation sites is 1. The Hall–Kier alpha value is -3.24. The van der Waals surface area contributed by atoms with Gasteiger partial charge in [0.05, 0.1) is 6.04 Å². The number of H-pyrrole nitrogens is 1. The number of carbonyl (C=O) groups excluding carboxylic acids is 1. The lowest BCUT2D eigenvalue weighted by Gasteiger charge is -2.29. The third kappa shape index (κ3) is 5.07. The highest BCUT2D eigenvalue weighted by Crippen LogP contribution is 2.34. The Morgan fingerprint density at radius 2 is 1.67 bits per heavy atom. The molecule has 4 aromatic rings. The fourth-order valence-corrected chi connectivity index (χ4v) is 4.15. The number of carbonyl (C=O) groups is 1. The summed E-state index contributed by atoms with van der Waals surface area (Å²) in [5.41, 5.74) is 4.33. The molecule has 1 heterocycles. The second kappa shape index (κ2) is 9.32. The molecule has 0 saturated heterocycles. The molecule has 0 spiro atoms. The van der Waals surface area contributed by atoms with Gasteiger partial charge in [-0.05, 0) is 46.9 Å². The molecule has 1 amide bonds. The highest BCUT2D eigenvalue weighted by molar-refractivity contribution is 6.30. The van der Waals surface area contributed by atoms with Gasteiger partial charge in [-0.3, -0.25) is 4.79 Å². The van der Waals surface area contributed by atoms with E-state index in [-0.39, 0.29) is 24.0 Å². The number of halogens is 1. The minimum atomic E-state index is -0.280. The predicted octanol–water partition coefficient (Wildman–Crippen LogP) is 6.75. The maximum absolute atomic E-state index is 13.2. The molecule has 0 aliphatic heterocycles. The summed E-state index contributed by atoms with van der Waals surface area (Å²) < 4.78 is 5.85. The summed E-state index contributed by atoms with van der Waals surface area (Å²) in [5.74, 6) is 0.569. The Kier molecular flexibility index (Phi) is 6.48. The number of nitrogens with one attached hydrogen (secondary N) is 1. The van der Waals surface area contributed by atoms with Crippen LogP contribution in [-0.4, -0.2) is 29.4 Å². The van der Waals surface area contributed by atoms with Crippen molar-refractivity contribution in [3.05, 3.63) is 101 Å². The molecule has 0 aliphatic rings. The molecule has 1 aromatic heterocycles. The zero-order valence-corrected chi connectivity index (χ0v) is 20.2. The number of amides is 1. The van der Waals surface area contributed by atoms with Crippen LogP contribution >= 0.6 is 11.6 Å². The summed E-state index contributed by atoms with van der Waals surface area (Å²) in [6.07, 6.45) is 1.97. The molecule has 4 rings (SSSR count). The van der Waals surface area contributed by atoms with Crippen LogP contribution in [0.2, 0.25) is 5.02 Å². The first-order chi connectivity index (χ1) is 15.7. The molecule has 170 valence electrons. The van der Waals surface area contributed by atoms with E-state index >= 15 is 0 Å². The van der Waals surface area contributed by atoms with Crippen molar-refractivity contribution in [2.45, 2.75) is 32.2 Å². The monoisotopic (exact) mass is 460 g/mol. The van der Waals surface area contributed by atoms with Gasteiger partial charge in [-0.2, -0.15) is 0 Å². The number of nitrogens with zero attached hydrogens (tertiary/aromatic N) is 1. The molecule has 5 heteroatoms. The van der Waals surface area contributed by atoms with Crippen molar-refractivity contribution in [3.8, 4) is 5.75 Å². The molecule has 1 N–H and O–H groups in total. The number of ether oxygens (including phenoxy) is 1. The van der Waals surface area contributed by atoms with Crippen LogP contribution in [-0.2, 0) is 10.2 Å². The number of hydrogen-bond acceptors (Lipinski definition) is 2. The van der Waals surface area contributed by atoms with Crippen molar-refractivity contribution in [1.29, 1.82) is 0 Å². The SMILES string of the molecule is CN(C(=O)COc1ccc(C(C)(C)C)cc1)[C@H](c1ccc(Cl)cc1)c1c[nH]c2ccccc12. The molecule has 0 fully saturated rings. The first kappa shape index (κ1) is 22.9. The van der Waals surface area contributed by atoms with Crippen LogP contribution in [0.4, 0.5) is 0 Å². The van der Waals surface area contributed by atoms with Crippen molar-refractivity contribution < 1.29 is 9.53 Å². The largest absolute Gasteiger partial charge is 0.484 e. The zero-order chi connectivity index (χ0) is 23.6. The van der Waals surface area contributed by atoms with Crippen molar-refractivity contribution in [1.82, 2.24) is 9.88 Å². The van der Waals surface area contributed by atoms with E-state index in [4.69, 9.17) is 16.3 Å². The third-order valence-electron chi connectivity index (χ3n) is 5.96. The second-order valence-electron chi connectivity index (χ2n) is 9.31. The van der Waals surface area contributed by atoms with Gasteiger partial charge in [0.25, 0.3) is 5.91 Å². The molecule has 3 aromatic carbocycles. The van der Waals surface area contributed by atoms with Gasteiger partial charge >= 0.3 is 0 Å². The maximum atomic E-state index is 13.2. The molecule has 33 heavy (non-hydrogen) atoms. The number of benzene rings is 3. The number of likely N-dealkylation sites (N-methyl/N-ethyl adjacent to an activating group) is 1. The lowest BCUT2D eigenvalue weighted by Crippen LogP contribution is -2.35. The molecule has 0 saturated carbocycles. The average molecular weight is 461 g/mol. The van der Waals surface area contributed by atoms with Crippen molar-refractivity contribution >= 4 is 28.4 Å². The Bertz CT molecular complexity index is 1240. The summed E-state index contributed by atoms with van der Waals surface area (Å²) >= 11 is 6.13. The number of aromatic amines is 1. The van der Waals surface area contributed by atoms with Crippen LogP contribution in [0.5, 0.6) is 5.75 Å². The van der Waals surface area contributed by atoms with Crippen molar-refractivity contribution in [2.24, 2.45) is 0 Å². The van der Waals surface area contributed by atoms with E-state index in [2.05, 4.69) is 31.8 Å². The molecular weight excluding hydrogens is 432 g/mol. The second-order valence-corrected chi connectivity index (χ2v) is 9.75. The lowest BCUT2D eigenvalue weighted by atomic mass is 9.87. The molecule has 1 atom stereocenters. The number of hydrogen-bond donors (Lipinski definition) is 1. The normalized spacial score (nSPS) is 12.5. The summed E-state index contributed by atoms with van der Waals surface area (Å²) in [6, 6.07) is 23.4. The highest BCUT2D eigenvalue weighted by Gasteiger charge is 2.26. The summed E-state index contributed by atoms with van der Waals surface area (Å²) in [4.78, 5) is 18.3. The van der Waals surface area contributed by atoms with E-state index < -0.39 is 0 Å². The van der Waals surface area contributed by atoms with E-state index in [1.54, 1.807) is 4.90 Å².